The second kappa shape index (κ2) is 8.02. The van der Waals surface area contributed by atoms with Crippen LogP contribution >= 0.6 is 0 Å². The molecule has 156 valence electrons. The van der Waals surface area contributed by atoms with Gasteiger partial charge in [0, 0.05) is 32.4 Å². The predicted molar refractivity (Wildman–Crippen MR) is 110 cm³/mol. The molecule has 0 saturated carbocycles. The summed E-state index contributed by atoms with van der Waals surface area (Å²) in [5.74, 6) is 1.15. The second-order valence-corrected chi connectivity index (χ2v) is 7.22. The Morgan fingerprint density at radius 3 is 2.90 bits per heavy atom. The molecule has 0 spiro atoms. The van der Waals surface area contributed by atoms with Crippen molar-refractivity contribution in [1.82, 2.24) is 14.9 Å². The Kier molecular flexibility index (Phi) is 5.26. The summed E-state index contributed by atoms with van der Waals surface area (Å²) in [5, 5.41) is 0.625. The fourth-order valence-electron chi connectivity index (χ4n) is 3.39. The molecule has 4 rings (SSSR count). The number of benzene rings is 1. The molecule has 1 amide bonds. The van der Waals surface area contributed by atoms with E-state index in [4.69, 9.17) is 13.9 Å². The monoisotopic (exact) mass is 410 g/mol. The number of ether oxygens (including phenoxy) is 2. The zero-order valence-electron chi connectivity index (χ0n) is 17.0. The van der Waals surface area contributed by atoms with Gasteiger partial charge in [-0.2, -0.15) is 4.98 Å². The van der Waals surface area contributed by atoms with Crippen LogP contribution in [0.5, 0.6) is 11.6 Å². The smallest absolute Gasteiger partial charge is 0.349 e. The van der Waals surface area contributed by atoms with Crippen LogP contribution in [0.2, 0.25) is 0 Å². The third-order valence-electron chi connectivity index (χ3n) is 4.95. The van der Waals surface area contributed by atoms with Crippen LogP contribution in [0.1, 0.15) is 16.8 Å². The second-order valence-electron chi connectivity index (χ2n) is 7.22. The van der Waals surface area contributed by atoms with Crippen LogP contribution in [-0.4, -0.2) is 61.2 Å². The summed E-state index contributed by atoms with van der Waals surface area (Å²) in [6, 6.07) is 6.79. The van der Waals surface area contributed by atoms with E-state index < -0.39 is 5.63 Å². The maximum Gasteiger partial charge on any atom is 0.349 e. The molecule has 0 N–H and O–H groups in total. The van der Waals surface area contributed by atoms with E-state index in [0.29, 0.717) is 47.9 Å². The van der Waals surface area contributed by atoms with E-state index in [1.165, 1.54) is 7.11 Å². The quantitative estimate of drug-likeness (QED) is 0.589. The first-order valence-electron chi connectivity index (χ1n) is 9.52. The van der Waals surface area contributed by atoms with Gasteiger partial charge < -0.3 is 23.7 Å². The van der Waals surface area contributed by atoms with Crippen LogP contribution in [0, 0.1) is 0 Å². The van der Waals surface area contributed by atoms with E-state index >= 15 is 0 Å². The summed E-state index contributed by atoms with van der Waals surface area (Å²) in [6.07, 6.45) is 3.59. The molecular formula is C21H22N4O5. The van der Waals surface area contributed by atoms with Crippen LogP contribution < -0.4 is 20.0 Å². The van der Waals surface area contributed by atoms with E-state index in [0.717, 1.165) is 0 Å². The minimum Gasteiger partial charge on any atom is -0.493 e. The summed E-state index contributed by atoms with van der Waals surface area (Å²) >= 11 is 0. The molecule has 0 radical (unpaired) electrons. The fraction of sp³-hybridized carbons (Fsp3) is 0.333. The first-order chi connectivity index (χ1) is 14.5. The Morgan fingerprint density at radius 2 is 2.13 bits per heavy atom. The molecule has 1 aliphatic rings. The molecule has 3 heterocycles. The van der Waals surface area contributed by atoms with E-state index in [-0.39, 0.29) is 17.6 Å². The van der Waals surface area contributed by atoms with Gasteiger partial charge in [-0.05, 0) is 12.1 Å². The Morgan fingerprint density at radius 1 is 1.30 bits per heavy atom. The summed E-state index contributed by atoms with van der Waals surface area (Å²) in [6.45, 7) is 0.822. The highest BCUT2D eigenvalue weighted by atomic mass is 16.5. The largest absolute Gasteiger partial charge is 0.493 e. The normalized spacial score (nSPS) is 16.0. The number of fused-ring (bicyclic) bond motifs is 1. The highest BCUT2D eigenvalue weighted by Crippen LogP contribution is 2.25. The molecule has 9 nitrogen and oxygen atoms in total. The van der Waals surface area contributed by atoms with Gasteiger partial charge in [-0.1, -0.05) is 12.1 Å². The number of carbonyl (C=O) groups excluding carboxylic acids is 1. The topological polar surface area (TPSA) is 98.0 Å². The molecule has 1 aliphatic heterocycles. The maximum atomic E-state index is 13.0. The highest BCUT2D eigenvalue weighted by Gasteiger charge is 2.30. The van der Waals surface area contributed by atoms with Crippen LogP contribution in [0.25, 0.3) is 11.0 Å². The molecule has 9 heteroatoms. The van der Waals surface area contributed by atoms with E-state index in [1.807, 2.05) is 19.0 Å². The molecule has 0 bridgehead atoms. The average molecular weight is 410 g/mol. The zero-order chi connectivity index (χ0) is 21.3. The lowest BCUT2D eigenvalue weighted by Crippen LogP contribution is -2.33. The number of hydrogen-bond donors (Lipinski definition) is 0. The molecule has 1 unspecified atom stereocenters. The third-order valence-corrected chi connectivity index (χ3v) is 4.95. The number of amides is 1. The van der Waals surface area contributed by atoms with Crippen molar-refractivity contribution in [2.45, 2.75) is 12.5 Å². The number of para-hydroxylation sites is 1. The SMILES string of the molecule is COc1cccc2cc(C(=O)N3CCC(Oc4cncc(N(C)C)n4)C3)c(=O)oc12. The zero-order valence-corrected chi connectivity index (χ0v) is 17.0. The van der Waals surface area contributed by atoms with Crippen molar-refractivity contribution in [2.75, 3.05) is 39.2 Å². The van der Waals surface area contributed by atoms with Crippen LogP contribution in [0.4, 0.5) is 5.82 Å². The van der Waals surface area contributed by atoms with E-state index in [1.54, 1.807) is 41.6 Å². The average Bonchev–Trinajstić information content (AvgIpc) is 3.21. The standard InChI is InChI=1S/C21H22N4O5/c1-24(2)17-10-22-11-18(23-17)29-14-7-8-25(12-14)20(26)15-9-13-5-4-6-16(28-3)19(13)30-21(15)27/h4-6,9-11,14H,7-8,12H2,1-3H3. The van der Waals surface area contributed by atoms with Crippen molar-refractivity contribution in [2.24, 2.45) is 0 Å². The number of nitrogens with zero attached hydrogens (tertiary/aromatic N) is 4. The van der Waals surface area contributed by atoms with Gasteiger partial charge in [0.25, 0.3) is 5.91 Å². The van der Waals surface area contributed by atoms with Gasteiger partial charge in [0.2, 0.25) is 5.88 Å². The number of hydrogen-bond acceptors (Lipinski definition) is 8. The van der Waals surface area contributed by atoms with Crippen molar-refractivity contribution < 1.29 is 18.7 Å². The molecule has 30 heavy (non-hydrogen) atoms. The number of aromatic nitrogens is 2. The molecule has 3 aromatic rings. The molecule has 1 atom stereocenters. The molecule has 2 aromatic heterocycles. The maximum absolute atomic E-state index is 13.0. The van der Waals surface area contributed by atoms with Crippen LogP contribution in [0.3, 0.4) is 0 Å². The lowest BCUT2D eigenvalue weighted by molar-refractivity contribution is 0.0767. The lowest BCUT2D eigenvalue weighted by Gasteiger charge is -2.17. The molecule has 1 fully saturated rings. The molecule has 1 aromatic carbocycles. The molecule has 1 saturated heterocycles. The molecular weight excluding hydrogens is 388 g/mol. The third kappa shape index (κ3) is 3.78. The highest BCUT2D eigenvalue weighted by molar-refractivity contribution is 5.97. The van der Waals surface area contributed by atoms with Gasteiger partial charge >= 0.3 is 5.63 Å². The van der Waals surface area contributed by atoms with Crippen molar-refractivity contribution in [3.05, 3.63) is 52.6 Å². The van der Waals surface area contributed by atoms with Gasteiger partial charge in [-0.25, -0.2) is 4.79 Å². The van der Waals surface area contributed by atoms with Crippen LogP contribution in [-0.2, 0) is 0 Å². The Bertz CT molecular complexity index is 1140. The Labute approximate surface area is 172 Å². The van der Waals surface area contributed by atoms with Gasteiger partial charge in [-0.3, -0.25) is 9.78 Å². The Hall–Kier alpha value is -3.62. The predicted octanol–water partition coefficient (Wildman–Crippen LogP) is 1.95. The van der Waals surface area contributed by atoms with Gasteiger partial charge in [0.15, 0.2) is 17.2 Å². The first-order valence-corrected chi connectivity index (χ1v) is 9.52. The van der Waals surface area contributed by atoms with Gasteiger partial charge in [0.05, 0.1) is 26.0 Å². The Balaban J connectivity index is 1.51. The van der Waals surface area contributed by atoms with E-state index in [9.17, 15) is 9.59 Å². The van der Waals surface area contributed by atoms with Crippen molar-refractivity contribution >= 4 is 22.7 Å². The van der Waals surface area contributed by atoms with Crippen molar-refractivity contribution in [3.63, 3.8) is 0 Å². The molecule has 0 aliphatic carbocycles. The fourth-order valence-corrected chi connectivity index (χ4v) is 3.39. The number of rotatable bonds is 5. The summed E-state index contributed by atoms with van der Waals surface area (Å²) < 4.78 is 16.5. The number of carbonyl (C=O) groups is 1. The number of anilines is 1. The minimum atomic E-state index is -0.689. The summed E-state index contributed by atoms with van der Waals surface area (Å²) in [4.78, 5) is 37.3. The summed E-state index contributed by atoms with van der Waals surface area (Å²) in [7, 11) is 5.24. The first kappa shape index (κ1) is 19.7. The lowest BCUT2D eigenvalue weighted by atomic mass is 10.1. The van der Waals surface area contributed by atoms with E-state index in [2.05, 4.69) is 9.97 Å². The number of methoxy groups -OCH3 is 1. The van der Waals surface area contributed by atoms with Crippen molar-refractivity contribution in [1.29, 1.82) is 0 Å². The minimum absolute atomic E-state index is 0.00852. The number of likely N-dealkylation sites (tertiary alicyclic amines) is 1. The summed E-state index contributed by atoms with van der Waals surface area (Å²) in [5.41, 5.74) is -0.375. The van der Waals surface area contributed by atoms with Gasteiger partial charge in [0.1, 0.15) is 11.7 Å². The van der Waals surface area contributed by atoms with Crippen molar-refractivity contribution in [3.8, 4) is 11.6 Å². The van der Waals surface area contributed by atoms with Gasteiger partial charge in [-0.15, -0.1) is 0 Å². The van der Waals surface area contributed by atoms with Crippen LogP contribution in [0.15, 0.2) is 45.9 Å².